The van der Waals surface area contributed by atoms with E-state index in [-0.39, 0.29) is 24.5 Å². The monoisotopic (exact) mass is 553 g/mol. The van der Waals surface area contributed by atoms with E-state index >= 15 is 0 Å². The van der Waals surface area contributed by atoms with E-state index in [1.807, 2.05) is 0 Å². The predicted molar refractivity (Wildman–Crippen MR) is 154 cm³/mol. The van der Waals surface area contributed by atoms with E-state index in [0.29, 0.717) is 0 Å². The van der Waals surface area contributed by atoms with Crippen LogP contribution in [0.15, 0.2) is 18.2 Å². The van der Waals surface area contributed by atoms with Gasteiger partial charge in [-0.2, -0.15) is 0 Å². The van der Waals surface area contributed by atoms with Gasteiger partial charge < -0.3 is 14.8 Å². The molecule has 0 fully saturated rings. The van der Waals surface area contributed by atoms with Crippen molar-refractivity contribution < 1.29 is 27.8 Å². The zero-order valence-electron chi connectivity index (χ0n) is 25.1. The van der Waals surface area contributed by atoms with Crippen molar-refractivity contribution in [2.24, 2.45) is 5.92 Å². The first kappa shape index (κ1) is 34.8. The van der Waals surface area contributed by atoms with Crippen molar-refractivity contribution >= 4 is 12.1 Å². The number of carbonyl (C=O) groups excluding carboxylic acids is 2. The number of benzene rings is 1. The predicted octanol–water partition coefficient (Wildman–Crippen LogP) is 9.06. The van der Waals surface area contributed by atoms with Gasteiger partial charge in [0, 0.05) is 12.5 Å². The molecule has 0 heterocycles. The van der Waals surface area contributed by atoms with E-state index in [1.165, 1.54) is 64.2 Å². The molecule has 1 aromatic carbocycles. The van der Waals surface area contributed by atoms with Gasteiger partial charge in [0.2, 0.25) is 0 Å². The molecule has 0 spiro atoms. The summed E-state index contributed by atoms with van der Waals surface area (Å²) in [6.45, 7) is 9.85. The highest BCUT2D eigenvalue weighted by molar-refractivity contribution is 5.81. The van der Waals surface area contributed by atoms with Crippen molar-refractivity contribution in [3.63, 3.8) is 0 Å². The number of halogens is 2. The lowest BCUT2D eigenvalue weighted by molar-refractivity contribution is -0.147. The molecule has 224 valence electrons. The molecule has 1 N–H and O–H groups in total. The Bertz CT molecular complexity index is 789. The molecule has 0 bridgehead atoms. The smallest absolute Gasteiger partial charge is 0.408 e. The molecular formula is C32H53F2NO4. The summed E-state index contributed by atoms with van der Waals surface area (Å²) in [5.41, 5.74) is -0.510. The van der Waals surface area contributed by atoms with Gasteiger partial charge in [0.1, 0.15) is 23.3 Å². The number of esters is 1. The molecule has 0 unspecified atom stereocenters. The fraction of sp³-hybridized carbons (Fsp3) is 0.750. The van der Waals surface area contributed by atoms with Crippen LogP contribution in [0, 0.1) is 17.6 Å². The molecule has 0 saturated carbocycles. The molecule has 39 heavy (non-hydrogen) atoms. The van der Waals surface area contributed by atoms with Crippen molar-refractivity contribution in [2.45, 2.75) is 143 Å². The van der Waals surface area contributed by atoms with E-state index in [0.717, 1.165) is 43.9 Å². The maximum atomic E-state index is 13.8. The molecule has 0 aliphatic heterocycles. The number of carbonyl (C=O) groups is 2. The first-order valence-electron chi connectivity index (χ1n) is 15.1. The highest BCUT2D eigenvalue weighted by atomic mass is 19.1. The van der Waals surface area contributed by atoms with Crippen LogP contribution in [0.5, 0.6) is 0 Å². The van der Waals surface area contributed by atoms with Crippen LogP contribution in [0.1, 0.15) is 130 Å². The van der Waals surface area contributed by atoms with E-state index in [9.17, 15) is 18.4 Å². The second-order valence-corrected chi connectivity index (χ2v) is 11.8. The Kier molecular flexibility index (Phi) is 17.7. The van der Waals surface area contributed by atoms with Gasteiger partial charge in [0.05, 0.1) is 6.61 Å². The first-order valence-corrected chi connectivity index (χ1v) is 15.1. The molecule has 1 amide bonds. The minimum atomic E-state index is -1.12. The third-order valence-electron chi connectivity index (χ3n) is 6.73. The summed E-state index contributed by atoms with van der Waals surface area (Å²) in [6, 6.07) is 1.96. The van der Waals surface area contributed by atoms with Gasteiger partial charge in [-0.15, -0.1) is 0 Å². The van der Waals surface area contributed by atoms with E-state index < -0.39 is 35.3 Å². The molecule has 0 aromatic heterocycles. The summed E-state index contributed by atoms with van der Waals surface area (Å²) in [7, 11) is 0. The molecule has 0 radical (unpaired) electrons. The van der Waals surface area contributed by atoms with Crippen LogP contribution in [0.4, 0.5) is 13.6 Å². The van der Waals surface area contributed by atoms with Gasteiger partial charge in [-0.3, -0.25) is 0 Å². The number of unbranched alkanes of at least 4 members (excludes halogenated alkanes) is 10. The third kappa shape index (κ3) is 17.9. The molecule has 1 rings (SSSR count). The molecule has 5 nitrogen and oxygen atoms in total. The number of amides is 1. The topological polar surface area (TPSA) is 64.6 Å². The molecule has 7 heteroatoms. The Hall–Kier alpha value is -2.18. The fourth-order valence-corrected chi connectivity index (χ4v) is 4.65. The highest BCUT2D eigenvalue weighted by Gasteiger charge is 2.27. The van der Waals surface area contributed by atoms with Crippen LogP contribution in [-0.2, 0) is 20.7 Å². The Balaban J connectivity index is 2.80. The zero-order chi connectivity index (χ0) is 29.1. The highest BCUT2D eigenvalue weighted by Crippen LogP contribution is 2.21. The van der Waals surface area contributed by atoms with Crippen LogP contribution in [-0.4, -0.2) is 30.3 Å². The molecule has 0 saturated heterocycles. The van der Waals surface area contributed by atoms with Gasteiger partial charge >= 0.3 is 12.1 Å². The normalized spacial score (nSPS) is 12.4. The van der Waals surface area contributed by atoms with Gasteiger partial charge in [-0.05, 0) is 57.2 Å². The average molecular weight is 554 g/mol. The number of hydrogen-bond donors (Lipinski definition) is 1. The number of alkyl carbamates (subject to hydrolysis) is 1. The largest absolute Gasteiger partial charge is 0.464 e. The second kappa shape index (κ2) is 19.8. The Labute approximate surface area is 235 Å². The standard InChI is InChI=1S/C32H53F2NO4/c1-6-8-10-12-14-16-18-25(19-17-15-13-11-9-7-2)24-38-30(36)29(35-31(37)39-32(3,4)5)22-26-20-27(33)23-28(34)21-26/h20-21,23,25,29H,6-19,22,24H2,1-5H3,(H,35,37)/t29-/m0/s1. The van der Waals surface area contributed by atoms with Crippen molar-refractivity contribution in [3.05, 3.63) is 35.4 Å². The molecule has 0 aliphatic rings. The molecule has 1 aromatic rings. The number of hydrogen-bond acceptors (Lipinski definition) is 4. The van der Waals surface area contributed by atoms with Crippen LogP contribution in [0.3, 0.4) is 0 Å². The lowest BCUT2D eigenvalue weighted by Crippen LogP contribution is -2.45. The van der Waals surface area contributed by atoms with Gasteiger partial charge in [0.25, 0.3) is 0 Å². The average Bonchev–Trinajstić information content (AvgIpc) is 2.83. The quantitative estimate of drug-likeness (QED) is 0.129. The summed E-state index contributed by atoms with van der Waals surface area (Å²) in [5.74, 6) is -1.86. The Morgan fingerprint density at radius 2 is 1.28 bits per heavy atom. The second-order valence-electron chi connectivity index (χ2n) is 11.8. The van der Waals surface area contributed by atoms with Crippen LogP contribution in [0.2, 0.25) is 0 Å². The van der Waals surface area contributed by atoms with E-state index in [1.54, 1.807) is 20.8 Å². The summed E-state index contributed by atoms with van der Waals surface area (Å²) in [5, 5.41) is 2.55. The SMILES string of the molecule is CCCCCCCCC(CCCCCCCC)COC(=O)[C@H](Cc1cc(F)cc(F)c1)NC(=O)OC(C)(C)C. The summed E-state index contributed by atoms with van der Waals surface area (Å²) < 4.78 is 38.6. The molecule has 1 atom stereocenters. The van der Waals surface area contributed by atoms with Gasteiger partial charge in [-0.1, -0.05) is 90.9 Å². The van der Waals surface area contributed by atoms with Gasteiger partial charge in [0.15, 0.2) is 0 Å². The lowest BCUT2D eigenvalue weighted by Gasteiger charge is -2.24. The van der Waals surface area contributed by atoms with Gasteiger partial charge in [-0.25, -0.2) is 18.4 Å². The van der Waals surface area contributed by atoms with Crippen LogP contribution >= 0.6 is 0 Å². The van der Waals surface area contributed by atoms with E-state index in [2.05, 4.69) is 19.2 Å². The lowest BCUT2D eigenvalue weighted by atomic mass is 9.94. The summed E-state index contributed by atoms with van der Waals surface area (Å²) in [6.07, 6.45) is 15.6. The van der Waals surface area contributed by atoms with Crippen molar-refractivity contribution in [1.82, 2.24) is 5.32 Å². The van der Waals surface area contributed by atoms with Crippen molar-refractivity contribution in [2.75, 3.05) is 6.61 Å². The summed E-state index contributed by atoms with van der Waals surface area (Å²) in [4.78, 5) is 25.6. The number of ether oxygens (including phenoxy) is 2. The number of nitrogens with one attached hydrogen (secondary N) is 1. The minimum Gasteiger partial charge on any atom is -0.464 e. The molecule has 0 aliphatic carbocycles. The summed E-state index contributed by atoms with van der Waals surface area (Å²) >= 11 is 0. The fourth-order valence-electron chi connectivity index (χ4n) is 4.65. The number of rotatable bonds is 20. The van der Waals surface area contributed by atoms with Crippen molar-refractivity contribution in [1.29, 1.82) is 0 Å². The third-order valence-corrected chi connectivity index (χ3v) is 6.73. The van der Waals surface area contributed by atoms with Crippen LogP contribution < -0.4 is 5.32 Å². The maximum Gasteiger partial charge on any atom is 0.408 e. The van der Waals surface area contributed by atoms with E-state index in [4.69, 9.17) is 9.47 Å². The maximum absolute atomic E-state index is 13.8. The Morgan fingerprint density at radius 1 is 0.795 bits per heavy atom. The first-order chi connectivity index (χ1) is 18.5. The zero-order valence-corrected chi connectivity index (χ0v) is 25.1. The molecular weight excluding hydrogens is 500 g/mol. The van der Waals surface area contributed by atoms with Crippen LogP contribution in [0.25, 0.3) is 0 Å². The Morgan fingerprint density at radius 3 is 1.77 bits per heavy atom. The van der Waals surface area contributed by atoms with Crippen molar-refractivity contribution in [3.8, 4) is 0 Å². The minimum absolute atomic E-state index is 0.105.